The van der Waals surface area contributed by atoms with Crippen LogP contribution in [0.1, 0.15) is 36.9 Å². The lowest BCUT2D eigenvalue weighted by Crippen LogP contribution is -2.51. The number of hydrogen-bond acceptors (Lipinski definition) is 7. The number of rotatable bonds is 10. The molecule has 1 aliphatic heterocycles. The normalized spacial score (nSPS) is 15.4. The van der Waals surface area contributed by atoms with Gasteiger partial charge in [-0.1, -0.05) is 44.2 Å². The van der Waals surface area contributed by atoms with Gasteiger partial charge in [0.2, 0.25) is 5.95 Å². The number of nitrogens with zero attached hydrogens (tertiary/aromatic N) is 5. The second kappa shape index (κ2) is 12.0. The van der Waals surface area contributed by atoms with Crippen molar-refractivity contribution in [2.75, 3.05) is 50.7 Å². The molecule has 1 N–H and O–H groups in total. The van der Waals surface area contributed by atoms with Gasteiger partial charge in [0.1, 0.15) is 11.5 Å². The molecule has 1 amide bonds. The summed E-state index contributed by atoms with van der Waals surface area (Å²) in [5, 5.41) is 3.20. The number of amides is 1. The highest BCUT2D eigenvalue weighted by Gasteiger charge is 2.24. The van der Waals surface area contributed by atoms with Crippen molar-refractivity contribution >= 4 is 11.9 Å². The molecule has 2 aromatic heterocycles. The van der Waals surface area contributed by atoms with Gasteiger partial charge >= 0.3 is 0 Å². The lowest BCUT2D eigenvalue weighted by molar-refractivity contribution is 0.0924. The molecule has 3 aromatic rings. The van der Waals surface area contributed by atoms with Crippen LogP contribution in [0.5, 0.6) is 0 Å². The van der Waals surface area contributed by atoms with Crippen molar-refractivity contribution in [1.29, 1.82) is 0 Å². The summed E-state index contributed by atoms with van der Waals surface area (Å²) in [5.74, 6) is 2.14. The third-order valence-electron chi connectivity index (χ3n) is 6.49. The molecule has 0 radical (unpaired) electrons. The third-order valence-corrected chi connectivity index (χ3v) is 6.49. The number of hydrogen-bond donors (Lipinski definition) is 1. The molecular formula is C27H36N6O2. The largest absolute Gasteiger partial charge is 0.459 e. The average molecular weight is 477 g/mol. The second-order valence-corrected chi connectivity index (χ2v) is 8.99. The van der Waals surface area contributed by atoms with E-state index in [0.29, 0.717) is 17.9 Å². The molecule has 1 fully saturated rings. The number of carbonyl (C=O) groups is 1. The first-order valence-electron chi connectivity index (χ1n) is 12.5. The van der Waals surface area contributed by atoms with E-state index in [2.05, 4.69) is 50.8 Å². The fraction of sp³-hybridized carbons (Fsp3) is 0.444. The fourth-order valence-corrected chi connectivity index (χ4v) is 4.45. The molecule has 35 heavy (non-hydrogen) atoms. The number of carbonyl (C=O) groups excluding carboxylic acids is 1. The van der Waals surface area contributed by atoms with Gasteiger partial charge in [0.15, 0.2) is 0 Å². The Hall–Kier alpha value is -3.23. The van der Waals surface area contributed by atoms with Crippen molar-refractivity contribution in [2.24, 2.45) is 0 Å². The maximum Gasteiger partial charge on any atom is 0.255 e. The Balaban J connectivity index is 1.38. The van der Waals surface area contributed by atoms with E-state index < -0.39 is 0 Å². The summed E-state index contributed by atoms with van der Waals surface area (Å²) in [6, 6.07) is 13.7. The summed E-state index contributed by atoms with van der Waals surface area (Å²) in [7, 11) is 0. The van der Waals surface area contributed by atoms with Crippen molar-refractivity contribution in [3.63, 3.8) is 0 Å². The monoisotopic (exact) mass is 476 g/mol. The van der Waals surface area contributed by atoms with Crippen LogP contribution in [0.3, 0.4) is 0 Å². The number of piperazine rings is 1. The summed E-state index contributed by atoms with van der Waals surface area (Å²) >= 11 is 0. The minimum absolute atomic E-state index is 0.0124. The number of benzene rings is 1. The minimum atomic E-state index is -0.0816. The summed E-state index contributed by atoms with van der Waals surface area (Å²) in [4.78, 5) is 28.9. The van der Waals surface area contributed by atoms with E-state index in [0.717, 1.165) is 63.1 Å². The topological polar surface area (TPSA) is 77.7 Å². The van der Waals surface area contributed by atoms with Crippen molar-refractivity contribution in [1.82, 2.24) is 25.1 Å². The summed E-state index contributed by atoms with van der Waals surface area (Å²) in [6.45, 7) is 13.1. The van der Waals surface area contributed by atoms with Crippen molar-refractivity contribution in [2.45, 2.75) is 33.4 Å². The molecule has 1 saturated heterocycles. The number of anilines is 1. The van der Waals surface area contributed by atoms with Crippen LogP contribution in [0.25, 0.3) is 11.3 Å². The Kier molecular flexibility index (Phi) is 8.50. The highest BCUT2D eigenvalue weighted by molar-refractivity contribution is 5.96. The zero-order valence-electron chi connectivity index (χ0n) is 21.0. The van der Waals surface area contributed by atoms with E-state index in [4.69, 9.17) is 4.42 Å². The van der Waals surface area contributed by atoms with Crippen LogP contribution >= 0.6 is 0 Å². The highest BCUT2D eigenvalue weighted by Crippen LogP contribution is 2.27. The third kappa shape index (κ3) is 6.46. The van der Waals surface area contributed by atoms with Gasteiger partial charge in [-0.15, -0.1) is 0 Å². The molecule has 0 aliphatic carbocycles. The van der Waals surface area contributed by atoms with Crippen LogP contribution in [0, 0.1) is 0 Å². The fourth-order valence-electron chi connectivity index (χ4n) is 4.45. The molecule has 0 spiro atoms. The van der Waals surface area contributed by atoms with Crippen molar-refractivity contribution < 1.29 is 9.21 Å². The first-order chi connectivity index (χ1) is 17.1. The molecule has 8 nitrogen and oxygen atoms in total. The Bertz CT molecular complexity index is 1060. The molecule has 3 heterocycles. The number of nitrogens with one attached hydrogen (secondary N) is 1. The molecule has 1 atom stereocenters. The second-order valence-electron chi connectivity index (χ2n) is 8.99. The maximum atomic E-state index is 13.3. The molecule has 1 aliphatic rings. The molecule has 1 unspecified atom stereocenters. The van der Waals surface area contributed by atoms with E-state index in [-0.39, 0.29) is 11.9 Å². The molecule has 0 saturated carbocycles. The van der Waals surface area contributed by atoms with E-state index in [1.165, 1.54) is 0 Å². The first-order valence-corrected chi connectivity index (χ1v) is 12.5. The average Bonchev–Trinajstić information content (AvgIpc) is 3.33. The number of aromatic nitrogens is 2. The van der Waals surface area contributed by atoms with Crippen LogP contribution in [0.4, 0.5) is 5.95 Å². The Labute approximate surface area is 208 Å². The highest BCUT2D eigenvalue weighted by atomic mass is 16.3. The SMILES string of the molecule is CCN(CC)Cc1oc(-c2ccccc2)cc1C(=O)NC(C)CN1CCN(c2ncccn2)CC1. The standard InChI is InChI=1S/C27H36N6O2/c1-4-31(5-2)20-25-23(18-24(35-25)22-10-7-6-8-11-22)26(34)30-21(3)19-32-14-16-33(17-15-32)27-28-12-9-13-29-27/h6-13,18,21H,4-5,14-17,19-20H2,1-3H3,(H,30,34). The quantitative estimate of drug-likeness (QED) is 0.480. The van der Waals surface area contributed by atoms with Crippen LogP contribution in [0.2, 0.25) is 0 Å². The van der Waals surface area contributed by atoms with E-state index in [1.807, 2.05) is 42.5 Å². The smallest absolute Gasteiger partial charge is 0.255 e. The summed E-state index contributed by atoms with van der Waals surface area (Å²) in [5.41, 5.74) is 1.59. The van der Waals surface area contributed by atoms with Gasteiger partial charge < -0.3 is 14.6 Å². The Morgan fingerprint density at radius 3 is 2.40 bits per heavy atom. The van der Waals surface area contributed by atoms with Crippen LogP contribution < -0.4 is 10.2 Å². The van der Waals surface area contributed by atoms with E-state index in [9.17, 15) is 4.79 Å². The van der Waals surface area contributed by atoms with Gasteiger partial charge in [0.25, 0.3) is 5.91 Å². The predicted octanol–water partition coefficient (Wildman–Crippen LogP) is 3.52. The zero-order chi connectivity index (χ0) is 24.6. The van der Waals surface area contributed by atoms with Gasteiger partial charge in [0, 0.05) is 56.7 Å². The van der Waals surface area contributed by atoms with Crippen molar-refractivity contribution in [3.05, 3.63) is 66.2 Å². The molecule has 0 bridgehead atoms. The summed E-state index contributed by atoms with van der Waals surface area (Å²) in [6.07, 6.45) is 3.56. The lowest BCUT2D eigenvalue weighted by atomic mass is 10.1. The minimum Gasteiger partial charge on any atom is -0.459 e. The van der Waals surface area contributed by atoms with Crippen LogP contribution in [-0.4, -0.2) is 77.5 Å². The number of furan rings is 1. The van der Waals surface area contributed by atoms with Gasteiger partial charge in [-0.25, -0.2) is 9.97 Å². The first kappa shape index (κ1) is 24.9. The molecule has 186 valence electrons. The van der Waals surface area contributed by atoms with E-state index in [1.54, 1.807) is 12.4 Å². The van der Waals surface area contributed by atoms with Gasteiger partial charge in [-0.2, -0.15) is 0 Å². The Morgan fingerprint density at radius 2 is 1.74 bits per heavy atom. The Morgan fingerprint density at radius 1 is 1.06 bits per heavy atom. The van der Waals surface area contributed by atoms with Crippen LogP contribution in [0.15, 0.2) is 59.3 Å². The lowest BCUT2D eigenvalue weighted by Gasteiger charge is -2.35. The van der Waals surface area contributed by atoms with Crippen molar-refractivity contribution in [3.8, 4) is 11.3 Å². The molecule has 4 rings (SSSR count). The van der Waals surface area contributed by atoms with E-state index >= 15 is 0 Å². The predicted molar refractivity (Wildman–Crippen MR) is 138 cm³/mol. The maximum absolute atomic E-state index is 13.3. The molecule has 1 aromatic carbocycles. The van der Waals surface area contributed by atoms with Crippen LogP contribution in [-0.2, 0) is 6.54 Å². The zero-order valence-corrected chi connectivity index (χ0v) is 21.0. The van der Waals surface area contributed by atoms with Gasteiger partial charge in [0.05, 0.1) is 12.1 Å². The van der Waals surface area contributed by atoms with Gasteiger partial charge in [-0.3, -0.25) is 14.6 Å². The molecule has 8 heteroatoms. The summed E-state index contributed by atoms with van der Waals surface area (Å²) < 4.78 is 6.21. The molecular weight excluding hydrogens is 440 g/mol. The van der Waals surface area contributed by atoms with Gasteiger partial charge in [-0.05, 0) is 32.1 Å².